The number of primary amides is 1. The van der Waals surface area contributed by atoms with Gasteiger partial charge in [-0.3, -0.25) is 24.2 Å². The van der Waals surface area contributed by atoms with Gasteiger partial charge in [0.15, 0.2) is 0 Å². The van der Waals surface area contributed by atoms with E-state index in [1.807, 2.05) is 4.90 Å². The van der Waals surface area contributed by atoms with Crippen molar-refractivity contribution in [1.29, 1.82) is 0 Å². The third kappa shape index (κ3) is 4.24. The van der Waals surface area contributed by atoms with Gasteiger partial charge in [0.05, 0.1) is 22.2 Å². The summed E-state index contributed by atoms with van der Waals surface area (Å²) >= 11 is 6.10. The fourth-order valence-electron chi connectivity index (χ4n) is 3.89. The number of fused-ring (bicyclic) bond motifs is 1. The van der Waals surface area contributed by atoms with Crippen LogP contribution in [0.5, 0.6) is 0 Å². The van der Waals surface area contributed by atoms with Crippen molar-refractivity contribution < 1.29 is 14.4 Å². The summed E-state index contributed by atoms with van der Waals surface area (Å²) in [6.45, 7) is 0.972. The molecule has 1 saturated heterocycles. The lowest BCUT2D eigenvalue weighted by atomic mass is 9.92. The minimum absolute atomic E-state index is 0.0614. The highest BCUT2D eigenvalue weighted by Gasteiger charge is 2.35. The number of carbonyl (C=O) groups is 3. The molecular formula is C20H21ClN6O4. The van der Waals surface area contributed by atoms with Gasteiger partial charge < -0.3 is 21.3 Å². The first-order chi connectivity index (χ1) is 14.8. The zero-order chi connectivity index (χ0) is 22.1. The Labute approximate surface area is 182 Å². The molecule has 10 nitrogen and oxygen atoms in total. The largest absolute Gasteiger partial charge is 0.369 e. The van der Waals surface area contributed by atoms with Gasteiger partial charge in [-0.1, -0.05) is 23.7 Å². The number of para-hydroxylation sites is 1. The number of nitrogens with two attached hydrogens (primary N) is 1. The summed E-state index contributed by atoms with van der Waals surface area (Å²) in [4.78, 5) is 58.3. The Hall–Kier alpha value is -3.40. The number of H-pyrrole nitrogens is 1. The molecule has 3 heterocycles. The van der Waals surface area contributed by atoms with Crippen molar-refractivity contribution in [3.05, 3.63) is 45.2 Å². The van der Waals surface area contributed by atoms with Gasteiger partial charge in [0.2, 0.25) is 23.7 Å². The van der Waals surface area contributed by atoms with Crippen LogP contribution in [0.1, 0.15) is 30.7 Å². The molecule has 0 unspecified atom stereocenters. The molecule has 2 aliphatic rings. The third-order valence-electron chi connectivity index (χ3n) is 5.58. The highest BCUT2D eigenvalue weighted by atomic mass is 35.5. The monoisotopic (exact) mass is 444 g/mol. The van der Waals surface area contributed by atoms with Gasteiger partial charge in [-0.2, -0.15) is 4.98 Å². The SMILES string of the molecule is NC(=O)C1CCN(c2nc3c(c(=O)[nH]2)[C@@H](C(=O)Nc2ccccc2Cl)CC(=O)N3)CC1. The maximum Gasteiger partial charge on any atom is 0.258 e. The zero-order valence-corrected chi connectivity index (χ0v) is 17.2. The van der Waals surface area contributed by atoms with E-state index in [1.165, 1.54) is 0 Å². The average Bonchev–Trinajstić information content (AvgIpc) is 2.74. The van der Waals surface area contributed by atoms with Gasteiger partial charge in [-0.15, -0.1) is 0 Å². The number of aromatic amines is 1. The van der Waals surface area contributed by atoms with Gasteiger partial charge in [-0.05, 0) is 25.0 Å². The van der Waals surface area contributed by atoms with Crippen LogP contribution < -0.4 is 26.8 Å². The van der Waals surface area contributed by atoms with E-state index in [4.69, 9.17) is 17.3 Å². The maximum atomic E-state index is 12.9. The predicted octanol–water partition coefficient (Wildman–Crippen LogP) is 1.19. The first kappa shape index (κ1) is 20.9. The summed E-state index contributed by atoms with van der Waals surface area (Å²) in [5.74, 6) is -2.16. The van der Waals surface area contributed by atoms with E-state index in [1.54, 1.807) is 24.3 Å². The topological polar surface area (TPSA) is 150 Å². The van der Waals surface area contributed by atoms with Gasteiger partial charge >= 0.3 is 0 Å². The molecule has 11 heteroatoms. The number of piperidine rings is 1. The minimum Gasteiger partial charge on any atom is -0.369 e. The molecule has 162 valence electrons. The second kappa shape index (κ2) is 8.38. The molecule has 1 atom stereocenters. The number of nitrogens with one attached hydrogen (secondary N) is 3. The lowest BCUT2D eigenvalue weighted by Crippen LogP contribution is -2.41. The van der Waals surface area contributed by atoms with Crippen LogP contribution in [-0.2, 0) is 14.4 Å². The quantitative estimate of drug-likeness (QED) is 0.556. The van der Waals surface area contributed by atoms with E-state index in [2.05, 4.69) is 20.6 Å². The Morgan fingerprint density at radius 1 is 1.19 bits per heavy atom. The highest BCUT2D eigenvalue weighted by Crippen LogP contribution is 2.32. The second-order valence-electron chi connectivity index (χ2n) is 7.59. The number of hydrogen-bond donors (Lipinski definition) is 4. The molecule has 0 saturated carbocycles. The second-order valence-corrected chi connectivity index (χ2v) is 8.00. The number of amides is 3. The van der Waals surface area contributed by atoms with Crippen molar-refractivity contribution in [1.82, 2.24) is 9.97 Å². The van der Waals surface area contributed by atoms with E-state index in [0.29, 0.717) is 36.6 Å². The van der Waals surface area contributed by atoms with Gasteiger partial charge in [0.25, 0.3) is 5.56 Å². The molecule has 4 rings (SSSR count). The molecule has 1 aromatic heterocycles. The van der Waals surface area contributed by atoms with Gasteiger partial charge in [0.1, 0.15) is 5.82 Å². The first-order valence-electron chi connectivity index (χ1n) is 9.87. The van der Waals surface area contributed by atoms with Crippen LogP contribution in [0.3, 0.4) is 0 Å². The molecule has 2 aliphatic heterocycles. The standard InChI is InChI=1S/C20H21ClN6O4/c21-12-3-1-2-4-13(12)23-18(30)11-9-14(28)24-17-15(11)19(31)26-20(25-17)27-7-5-10(6-8-27)16(22)29/h1-4,10-11H,5-9H2,(H2,22,29)(H,23,30)(H2,24,25,26,28,31)/t11-/m0/s1. The van der Waals surface area contributed by atoms with E-state index in [0.717, 1.165) is 0 Å². The molecular weight excluding hydrogens is 424 g/mol. The fourth-order valence-corrected chi connectivity index (χ4v) is 4.07. The Balaban J connectivity index is 1.60. The summed E-state index contributed by atoms with van der Waals surface area (Å²) in [6, 6.07) is 6.70. The van der Waals surface area contributed by atoms with Gasteiger partial charge in [-0.25, -0.2) is 0 Å². The van der Waals surface area contributed by atoms with Crippen LogP contribution in [0.25, 0.3) is 0 Å². The molecule has 5 N–H and O–H groups in total. The molecule has 31 heavy (non-hydrogen) atoms. The van der Waals surface area contributed by atoms with Crippen LogP contribution in [0.15, 0.2) is 29.1 Å². The molecule has 0 radical (unpaired) electrons. The Morgan fingerprint density at radius 3 is 2.58 bits per heavy atom. The average molecular weight is 445 g/mol. The number of rotatable bonds is 4. The minimum atomic E-state index is -1.01. The Bertz CT molecular complexity index is 1110. The van der Waals surface area contributed by atoms with Crippen molar-refractivity contribution in [3.63, 3.8) is 0 Å². The van der Waals surface area contributed by atoms with Crippen molar-refractivity contribution in [2.45, 2.75) is 25.2 Å². The maximum absolute atomic E-state index is 12.9. The molecule has 1 fully saturated rings. The van der Waals surface area contributed by atoms with Crippen molar-refractivity contribution in [2.75, 3.05) is 28.6 Å². The fraction of sp³-hybridized carbons (Fsp3) is 0.350. The van der Waals surface area contributed by atoms with Crippen LogP contribution in [-0.4, -0.2) is 40.8 Å². The molecule has 0 bridgehead atoms. The Kier molecular flexibility index (Phi) is 5.64. The molecule has 0 aliphatic carbocycles. The molecule has 2 aromatic rings. The first-order valence-corrected chi connectivity index (χ1v) is 10.2. The van der Waals surface area contributed by atoms with Crippen LogP contribution >= 0.6 is 11.6 Å². The van der Waals surface area contributed by atoms with E-state index < -0.39 is 23.3 Å². The van der Waals surface area contributed by atoms with Crippen molar-refractivity contribution >= 4 is 46.8 Å². The number of carbonyl (C=O) groups excluding carboxylic acids is 3. The van der Waals surface area contributed by atoms with E-state index in [9.17, 15) is 19.2 Å². The van der Waals surface area contributed by atoms with Crippen molar-refractivity contribution in [3.8, 4) is 0 Å². The van der Waals surface area contributed by atoms with Crippen LogP contribution in [0, 0.1) is 5.92 Å². The number of anilines is 3. The predicted molar refractivity (Wildman–Crippen MR) is 115 cm³/mol. The number of nitrogens with zero attached hydrogens (tertiary/aromatic N) is 2. The van der Waals surface area contributed by atoms with Crippen LogP contribution in [0.4, 0.5) is 17.5 Å². The van der Waals surface area contributed by atoms with Crippen molar-refractivity contribution in [2.24, 2.45) is 11.7 Å². The van der Waals surface area contributed by atoms with Crippen LogP contribution in [0.2, 0.25) is 5.02 Å². The number of hydrogen-bond acceptors (Lipinski definition) is 6. The zero-order valence-electron chi connectivity index (χ0n) is 16.5. The smallest absolute Gasteiger partial charge is 0.258 e. The normalized spacial score (nSPS) is 18.8. The van der Waals surface area contributed by atoms with Gasteiger partial charge in [0, 0.05) is 25.4 Å². The summed E-state index contributed by atoms with van der Waals surface area (Å²) in [6.07, 6.45) is 0.911. The van der Waals surface area contributed by atoms with E-state index in [-0.39, 0.29) is 35.6 Å². The lowest BCUT2D eigenvalue weighted by molar-refractivity contribution is -0.123. The van der Waals surface area contributed by atoms with E-state index >= 15 is 0 Å². The third-order valence-corrected chi connectivity index (χ3v) is 5.91. The summed E-state index contributed by atoms with van der Waals surface area (Å²) < 4.78 is 0. The summed E-state index contributed by atoms with van der Waals surface area (Å²) in [5.41, 5.74) is 5.35. The number of benzene rings is 1. The summed E-state index contributed by atoms with van der Waals surface area (Å²) in [7, 11) is 0. The summed E-state index contributed by atoms with van der Waals surface area (Å²) in [5, 5.41) is 5.61. The molecule has 0 spiro atoms. The Morgan fingerprint density at radius 2 is 1.90 bits per heavy atom. The number of aromatic nitrogens is 2. The number of halogens is 1. The molecule has 3 amide bonds. The molecule has 1 aromatic carbocycles. The highest BCUT2D eigenvalue weighted by molar-refractivity contribution is 6.33. The lowest BCUT2D eigenvalue weighted by Gasteiger charge is -2.32.